The lowest BCUT2D eigenvalue weighted by molar-refractivity contribution is 0.222. The minimum absolute atomic E-state index is 0.108. The molecule has 0 bridgehead atoms. The molecule has 5 heteroatoms. The van der Waals surface area contributed by atoms with E-state index in [4.69, 9.17) is 4.52 Å². The fourth-order valence-electron chi connectivity index (χ4n) is 3.59. The summed E-state index contributed by atoms with van der Waals surface area (Å²) in [7, 11) is 3.83. The average Bonchev–Trinajstić information content (AvgIpc) is 2.73. The smallest absolute Gasteiger partial charge is 0.188 e. The summed E-state index contributed by atoms with van der Waals surface area (Å²) in [6.45, 7) is 2.16. The molecule has 3 rings (SSSR count). The second-order valence-electron chi connectivity index (χ2n) is 6.09. The minimum atomic E-state index is -0.647. The molecule has 1 saturated carbocycles. The van der Waals surface area contributed by atoms with E-state index in [1.165, 1.54) is 31.2 Å². The zero-order valence-corrected chi connectivity index (χ0v) is 15.5. The summed E-state index contributed by atoms with van der Waals surface area (Å²) < 4.78 is 12.6. The number of hydrogen-bond donors (Lipinski definition) is 0. The molecule has 2 aliphatic rings. The molecule has 0 N–H and O–H groups in total. The van der Waals surface area contributed by atoms with E-state index >= 15 is 0 Å². The summed E-state index contributed by atoms with van der Waals surface area (Å²) >= 11 is 3.64. The number of fused-ring (bicyclic) bond motifs is 1. The number of nitrogens with zero attached hydrogens (tertiary/aromatic N) is 2. The third-order valence-corrected chi connectivity index (χ3v) is 7.69. The Hall–Kier alpha value is 0.0100. The van der Waals surface area contributed by atoms with Gasteiger partial charge in [-0.25, -0.2) is 9.34 Å². The first-order valence-electron chi connectivity index (χ1n) is 7.76. The van der Waals surface area contributed by atoms with Crippen LogP contribution >= 0.6 is 24.4 Å². The zero-order valence-electron chi connectivity index (χ0n) is 13.0. The maximum Gasteiger partial charge on any atom is 0.188 e. The molecule has 0 amide bonds. The van der Waals surface area contributed by atoms with Crippen LogP contribution in [0, 0.1) is 0 Å². The van der Waals surface area contributed by atoms with Crippen LogP contribution in [-0.2, 0) is 4.52 Å². The molecule has 1 aliphatic carbocycles. The number of halogens is 1. The molecule has 0 unspecified atom stereocenters. The highest BCUT2D eigenvalue weighted by molar-refractivity contribution is 9.10. The van der Waals surface area contributed by atoms with E-state index in [9.17, 15) is 0 Å². The monoisotopic (exact) mass is 370 g/mol. The standard InChI is InChI=1S/C16H24BrN2OP/c1-12(13-8-4-5-9-14(13)17)20-21-18(2)15-10-6-7-11-16(15)19(21)3/h4-5,8-9,12,15-16H,6-7,10-11H2,1-3H3/t12-,15-,16-/m1/s1. The van der Waals surface area contributed by atoms with Gasteiger partial charge in [-0.15, -0.1) is 0 Å². The van der Waals surface area contributed by atoms with Gasteiger partial charge in [-0.1, -0.05) is 47.0 Å². The van der Waals surface area contributed by atoms with Gasteiger partial charge in [0.1, 0.15) is 0 Å². The zero-order chi connectivity index (χ0) is 15.0. The van der Waals surface area contributed by atoms with Crippen LogP contribution in [0.5, 0.6) is 0 Å². The second-order valence-corrected chi connectivity index (χ2v) is 8.92. The minimum Gasteiger partial charge on any atom is -0.323 e. The van der Waals surface area contributed by atoms with Gasteiger partial charge in [-0.2, -0.15) is 0 Å². The summed E-state index contributed by atoms with van der Waals surface area (Å²) in [6.07, 6.45) is 5.47. The van der Waals surface area contributed by atoms with Crippen LogP contribution in [0.1, 0.15) is 44.3 Å². The van der Waals surface area contributed by atoms with Crippen molar-refractivity contribution in [1.82, 2.24) is 9.34 Å². The molecule has 116 valence electrons. The van der Waals surface area contributed by atoms with E-state index in [1.807, 2.05) is 6.07 Å². The van der Waals surface area contributed by atoms with E-state index in [-0.39, 0.29) is 6.10 Å². The molecule has 1 saturated heterocycles. The molecule has 3 atom stereocenters. The van der Waals surface area contributed by atoms with Crippen LogP contribution in [0.4, 0.5) is 0 Å². The predicted molar refractivity (Wildman–Crippen MR) is 92.1 cm³/mol. The van der Waals surface area contributed by atoms with Gasteiger partial charge in [0.15, 0.2) is 8.45 Å². The number of benzene rings is 1. The highest BCUT2D eigenvalue weighted by atomic mass is 79.9. The molecule has 1 aromatic rings. The Morgan fingerprint density at radius 1 is 1.14 bits per heavy atom. The second kappa shape index (κ2) is 6.64. The maximum atomic E-state index is 6.48. The molecule has 0 radical (unpaired) electrons. The molecular formula is C16H24BrN2OP. The Bertz CT molecular complexity index is 483. The summed E-state index contributed by atoms with van der Waals surface area (Å²) in [5.74, 6) is 0. The lowest BCUT2D eigenvalue weighted by Gasteiger charge is -2.28. The molecule has 3 nitrogen and oxygen atoms in total. The van der Waals surface area contributed by atoms with E-state index in [2.05, 4.69) is 64.5 Å². The topological polar surface area (TPSA) is 15.7 Å². The molecule has 0 spiro atoms. The first-order chi connectivity index (χ1) is 10.1. The van der Waals surface area contributed by atoms with Crippen molar-refractivity contribution < 1.29 is 4.52 Å². The lowest BCUT2D eigenvalue weighted by Crippen LogP contribution is -2.37. The highest BCUT2D eigenvalue weighted by Gasteiger charge is 2.46. The van der Waals surface area contributed by atoms with Crippen LogP contribution in [0.2, 0.25) is 0 Å². The Kier molecular flexibility index (Phi) is 5.02. The van der Waals surface area contributed by atoms with Crippen molar-refractivity contribution in [3.63, 3.8) is 0 Å². The van der Waals surface area contributed by atoms with E-state index in [0.717, 1.165) is 4.47 Å². The van der Waals surface area contributed by atoms with Gasteiger partial charge in [0.2, 0.25) is 0 Å². The molecule has 0 aromatic heterocycles. The van der Waals surface area contributed by atoms with Gasteiger partial charge >= 0.3 is 0 Å². The first kappa shape index (κ1) is 15.9. The van der Waals surface area contributed by atoms with Crippen molar-refractivity contribution in [2.24, 2.45) is 0 Å². The number of hydrogen-bond acceptors (Lipinski definition) is 3. The van der Waals surface area contributed by atoms with Gasteiger partial charge in [-0.05, 0) is 45.5 Å². The van der Waals surface area contributed by atoms with Crippen LogP contribution in [0.3, 0.4) is 0 Å². The van der Waals surface area contributed by atoms with E-state index < -0.39 is 8.45 Å². The van der Waals surface area contributed by atoms with Crippen LogP contribution in [-0.4, -0.2) is 35.5 Å². The van der Waals surface area contributed by atoms with Crippen molar-refractivity contribution >= 4 is 24.4 Å². The molecule has 1 heterocycles. The van der Waals surface area contributed by atoms with Crippen molar-refractivity contribution in [1.29, 1.82) is 0 Å². The Labute approximate surface area is 137 Å². The summed E-state index contributed by atoms with van der Waals surface area (Å²) in [5, 5.41) is 0. The maximum absolute atomic E-state index is 6.48. The number of rotatable bonds is 3. The van der Waals surface area contributed by atoms with Crippen LogP contribution in [0.15, 0.2) is 28.7 Å². The van der Waals surface area contributed by atoms with E-state index in [0.29, 0.717) is 12.1 Å². The molecule has 21 heavy (non-hydrogen) atoms. The summed E-state index contributed by atoms with van der Waals surface area (Å²) in [4.78, 5) is 0. The Morgan fingerprint density at radius 2 is 1.71 bits per heavy atom. The van der Waals surface area contributed by atoms with Gasteiger partial charge in [-0.3, -0.25) is 0 Å². The highest BCUT2D eigenvalue weighted by Crippen LogP contribution is 2.58. The quantitative estimate of drug-likeness (QED) is 0.700. The largest absolute Gasteiger partial charge is 0.323 e. The lowest BCUT2D eigenvalue weighted by atomic mass is 9.91. The van der Waals surface area contributed by atoms with Crippen molar-refractivity contribution in [2.45, 2.75) is 50.8 Å². The predicted octanol–water partition coefficient (Wildman–Crippen LogP) is 4.94. The molecule has 1 aliphatic heterocycles. The third-order valence-electron chi connectivity index (χ3n) is 4.79. The van der Waals surface area contributed by atoms with Crippen LogP contribution in [0.25, 0.3) is 0 Å². The molecule has 1 aromatic carbocycles. The van der Waals surface area contributed by atoms with Gasteiger partial charge in [0.25, 0.3) is 0 Å². The van der Waals surface area contributed by atoms with Crippen molar-refractivity contribution in [2.75, 3.05) is 14.1 Å². The summed E-state index contributed by atoms with van der Waals surface area (Å²) in [5.41, 5.74) is 1.23. The fourth-order valence-corrected chi connectivity index (χ4v) is 6.38. The Balaban J connectivity index is 1.74. The normalized spacial score (nSPS) is 29.5. The summed E-state index contributed by atoms with van der Waals surface area (Å²) in [6, 6.07) is 9.73. The van der Waals surface area contributed by atoms with Crippen molar-refractivity contribution in [3.05, 3.63) is 34.3 Å². The van der Waals surface area contributed by atoms with Crippen molar-refractivity contribution in [3.8, 4) is 0 Å². The van der Waals surface area contributed by atoms with Crippen LogP contribution < -0.4 is 0 Å². The van der Waals surface area contributed by atoms with E-state index in [1.54, 1.807) is 0 Å². The molecule has 2 fully saturated rings. The first-order valence-corrected chi connectivity index (χ1v) is 9.72. The van der Waals surface area contributed by atoms with Gasteiger partial charge < -0.3 is 4.52 Å². The fraction of sp³-hybridized carbons (Fsp3) is 0.625. The molecular weight excluding hydrogens is 347 g/mol. The average molecular weight is 371 g/mol. The Morgan fingerprint density at radius 3 is 2.29 bits per heavy atom. The van der Waals surface area contributed by atoms with Gasteiger partial charge in [0, 0.05) is 16.6 Å². The number of likely N-dealkylation sites (N-methyl/N-ethyl adjacent to an activating group) is 2. The SMILES string of the molecule is C[C@@H](OP1N(C)[C@@H]2CCCC[C@H]2N1C)c1ccccc1Br. The third kappa shape index (κ3) is 3.07. The van der Waals surface area contributed by atoms with Gasteiger partial charge in [0.05, 0.1) is 6.10 Å².